The lowest BCUT2D eigenvalue weighted by Crippen LogP contribution is -2.42. The van der Waals surface area contributed by atoms with Gasteiger partial charge in [-0.2, -0.15) is 0 Å². The van der Waals surface area contributed by atoms with Gasteiger partial charge in [0.05, 0.1) is 6.04 Å². The van der Waals surface area contributed by atoms with E-state index in [4.69, 9.17) is 0 Å². The topological polar surface area (TPSA) is 46.2 Å². The van der Waals surface area contributed by atoms with E-state index < -0.39 is 7.14 Å². The molecule has 4 heteroatoms. The molecule has 1 N–H and O–H groups in total. The molecule has 0 aromatic heterocycles. The van der Waals surface area contributed by atoms with Crippen molar-refractivity contribution in [2.24, 2.45) is 0 Å². The molecule has 0 spiro atoms. The molecule has 3 aromatic carbocycles. The number of benzene rings is 3. The Morgan fingerprint density at radius 2 is 1.52 bits per heavy atom. The van der Waals surface area contributed by atoms with Crippen molar-refractivity contribution >= 4 is 23.7 Å². The minimum Gasteiger partial charge on any atom is -0.349 e. The maximum atomic E-state index is 14.9. The van der Waals surface area contributed by atoms with Crippen LogP contribution in [-0.2, 0) is 15.8 Å². The van der Waals surface area contributed by atoms with Gasteiger partial charge in [-0.3, -0.25) is 4.79 Å². The highest BCUT2D eigenvalue weighted by atomic mass is 31.2. The number of rotatable bonds is 4. The molecule has 3 nitrogen and oxygen atoms in total. The smallest absolute Gasteiger partial charge is 0.217 e. The van der Waals surface area contributed by atoms with Gasteiger partial charge in [-0.15, -0.1) is 0 Å². The summed E-state index contributed by atoms with van der Waals surface area (Å²) in [5.74, 6) is -0.0953. The first-order chi connectivity index (χ1) is 14.0. The van der Waals surface area contributed by atoms with Gasteiger partial charge in [0.25, 0.3) is 0 Å². The molecule has 29 heavy (non-hydrogen) atoms. The molecule has 0 saturated carbocycles. The minimum absolute atomic E-state index is 0.0953. The molecule has 3 aromatic rings. The first-order valence-corrected chi connectivity index (χ1v) is 11.8. The standard InChI is InChI=1S/C25H26NO2P/c1-18-13-14-20-15-16-24(25(23(20)17-18)26-19(2)27)29(28,21-9-5-3-6-10-21)22-11-7-4-8-12-22/h3-14,17,24-25H,15-16H2,1-2H3,(H,26,27)/t24-,25+/m0/s1. The van der Waals surface area contributed by atoms with E-state index >= 15 is 0 Å². The Morgan fingerprint density at radius 3 is 2.07 bits per heavy atom. The van der Waals surface area contributed by atoms with Crippen molar-refractivity contribution in [1.82, 2.24) is 5.32 Å². The van der Waals surface area contributed by atoms with Crippen LogP contribution < -0.4 is 15.9 Å². The Kier molecular flexibility index (Phi) is 5.43. The normalized spacial score (nSPS) is 18.7. The van der Waals surface area contributed by atoms with Gasteiger partial charge in [0.2, 0.25) is 5.91 Å². The fourth-order valence-electron chi connectivity index (χ4n) is 4.52. The summed E-state index contributed by atoms with van der Waals surface area (Å²) in [5, 5.41) is 4.85. The largest absolute Gasteiger partial charge is 0.349 e. The Labute approximate surface area is 172 Å². The number of hydrogen-bond donors (Lipinski definition) is 1. The number of nitrogens with one attached hydrogen (secondary N) is 1. The van der Waals surface area contributed by atoms with E-state index in [2.05, 4.69) is 30.4 Å². The van der Waals surface area contributed by atoms with Crippen molar-refractivity contribution in [3.8, 4) is 0 Å². The lowest BCUT2D eigenvalue weighted by molar-refractivity contribution is -0.119. The molecule has 2 atom stereocenters. The van der Waals surface area contributed by atoms with E-state index in [1.807, 2.05) is 60.7 Å². The van der Waals surface area contributed by atoms with Gasteiger partial charge in [0, 0.05) is 23.2 Å². The molecule has 0 bridgehead atoms. The van der Waals surface area contributed by atoms with E-state index in [-0.39, 0.29) is 17.6 Å². The Morgan fingerprint density at radius 1 is 0.931 bits per heavy atom. The lowest BCUT2D eigenvalue weighted by Gasteiger charge is -2.39. The zero-order valence-corrected chi connectivity index (χ0v) is 17.7. The summed E-state index contributed by atoms with van der Waals surface area (Å²) in [6, 6.07) is 25.6. The van der Waals surface area contributed by atoms with Crippen LogP contribution in [0.2, 0.25) is 0 Å². The monoisotopic (exact) mass is 403 g/mol. The summed E-state index contributed by atoms with van der Waals surface area (Å²) < 4.78 is 14.9. The molecule has 0 unspecified atom stereocenters. The number of carbonyl (C=O) groups excluding carboxylic acids is 1. The van der Waals surface area contributed by atoms with Crippen LogP contribution in [0.25, 0.3) is 0 Å². The Hall–Kier alpha value is -2.64. The van der Waals surface area contributed by atoms with Crippen LogP contribution in [0.4, 0.5) is 0 Å². The second-order valence-electron chi connectivity index (χ2n) is 7.82. The van der Waals surface area contributed by atoms with Crippen LogP contribution in [0.15, 0.2) is 78.9 Å². The molecule has 0 radical (unpaired) electrons. The molecular formula is C25H26NO2P. The predicted octanol–water partition coefficient (Wildman–Crippen LogP) is 4.50. The summed E-state index contributed by atoms with van der Waals surface area (Å²) in [7, 11) is -3.00. The zero-order valence-electron chi connectivity index (χ0n) is 16.8. The quantitative estimate of drug-likeness (QED) is 0.652. The van der Waals surface area contributed by atoms with Gasteiger partial charge >= 0.3 is 0 Å². The second kappa shape index (κ2) is 8.00. The van der Waals surface area contributed by atoms with Crippen LogP contribution in [0.1, 0.15) is 36.1 Å². The first kappa shape index (κ1) is 19.7. The average Bonchev–Trinajstić information content (AvgIpc) is 2.74. The van der Waals surface area contributed by atoms with Crippen LogP contribution in [-0.4, -0.2) is 11.6 Å². The number of hydrogen-bond acceptors (Lipinski definition) is 2. The molecule has 148 valence electrons. The molecule has 0 saturated heterocycles. The van der Waals surface area contributed by atoms with Gasteiger partial charge in [0.15, 0.2) is 0 Å². The van der Waals surface area contributed by atoms with E-state index in [1.54, 1.807) is 0 Å². The molecular weight excluding hydrogens is 377 g/mol. The Balaban J connectivity index is 1.92. The highest BCUT2D eigenvalue weighted by Crippen LogP contribution is 2.56. The Bertz CT molecular complexity index is 1020. The number of fused-ring (bicyclic) bond motifs is 1. The van der Waals surface area contributed by atoms with E-state index in [0.717, 1.165) is 34.6 Å². The maximum absolute atomic E-state index is 14.9. The summed E-state index contributed by atoms with van der Waals surface area (Å²) in [6.45, 7) is 3.60. The van der Waals surface area contributed by atoms with E-state index in [0.29, 0.717) is 0 Å². The van der Waals surface area contributed by atoms with Crippen molar-refractivity contribution in [2.75, 3.05) is 0 Å². The van der Waals surface area contributed by atoms with Gasteiger partial charge in [0.1, 0.15) is 7.14 Å². The SMILES string of the molecule is CC(=O)N[C@@H]1c2cc(C)ccc2CC[C@@H]1P(=O)(c1ccccc1)c1ccccc1. The molecule has 0 aliphatic heterocycles. The van der Waals surface area contributed by atoms with Crippen molar-refractivity contribution in [1.29, 1.82) is 0 Å². The highest BCUT2D eigenvalue weighted by Gasteiger charge is 2.44. The molecule has 1 aliphatic rings. The number of amides is 1. The van der Waals surface area contributed by atoms with Crippen molar-refractivity contribution in [3.05, 3.63) is 95.6 Å². The second-order valence-corrected chi connectivity index (χ2v) is 10.8. The van der Waals surface area contributed by atoms with Crippen LogP contribution >= 0.6 is 7.14 Å². The molecule has 0 fully saturated rings. The third kappa shape index (κ3) is 3.68. The highest BCUT2D eigenvalue weighted by molar-refractivity contribution is 7.79. The number of carbonyl (C=O) groups is 1. The average molecular weight is 403 g/mol. The zero-order chi connectivity index (χ0) is 20.4. The van der Waals surface area contributed by atoms with Crippen LogP contribution in [0.3, 0.4) is 0 Å². The van der Waals surface area contributed by atoms with Crippen LogP contribution in [0, 0.1) is 6.92 Å². The van der Waals surface area contributed by atoms with Crippen molar-refractivity contribution in [2.45, 2.75) is 38.4 Å². The number of aryl methyl sites for hydroxylation is 2. The third-order valence-corrected chi connectivity index (χ3v) is 9.46. The molecule has 1 amide bonds. The van der Waals surface area contributed by atoms with Gasteiger partial charge in [-0.25, -0.2) is 0 Å². The first-order valence-electron chi connectivity index (χ1n) is 10.1. The minimum atomic E-state index is -3.00. The van der Waals surface area contributed by atoms with Gasteiger partial charge < -0.3 is 9.88 Å². The fourth-order valence-corrected chi connectivity index (χ4v) is 7.97. The fraction of sp³-hybridized carbons (Fsp3) is 0.240. The maximum Gasteiger partial charge on any atom is 0.217 e. The van der Waals surface area contributed by atoms with Gasteiger partial charge in [-0.1, -0.05) is 84.4 Å². The molecule has 0 heterocycles. The van der Waals surface area contributed by atoms with Gasteiger partial charge in [-0.05, 0) is 30.9 Å². The van der Waals surface area contributed by atoms with Crippen molar-refractivity contribution in [3.63, 3.8) is 0 Å². The summed E-state index contributed by atoms with van der Waals surface area (Å²) in [5.41, 5.74) is 3.29. The lowest BCUT2D eigenvalue weighted by atomic mass is 9.86. The van der Waals surface area contributed by atoms with Crippen LogP contribution in [0.5, 0.6) is 0 Å². The van der Waals surface area contributed by atoms with Crippen molar-refractivity contribution < 1.29 is 9.36 Å². The van der Waals surface area contributed by atoms with E-state index in [9.17, 15) is 9.36 Å². The summed E-state index contributed by atoms with van der Waals surface area (Å²) >= 11 is 0. The third-order valence-electron chi connectivity index (χ3n) is 5.84. The molecule has 4 rings (SSSR count). The molecule has 1 aliphatic carbocycles. The summed E-state index contributed by atoms with van der Waals surface area (Å²) in [6.07, 6.45) is 1.63. The predicted molar refractivity (Wildman–Crippen MR) is 120 cm³/mol. The van der Waals surface area contributed by atoms with E-state index in [1.165, 1.54) is 12.5 Å². The summed E-state index contributed by atoms with van der Waals surface area (Å²) in [4.78, 5) is 12.2.